The van der Waals surface area contributed by atoms with Crippen molar-refractivity contribution in [3.63, 3.8) is 0 Å². The summed E-state index contributed by atoms with van der Waals surface area (Å²) in [6, 6.07) is 13.4. The van der Waals surface area contributed by atoms with Crippen LogP contribution in [0.1, 0.15) is 44.1 Å². The summed E-state index contributed by atoms with van der Waals surface area (Å²) in [6.45, 7) is 2.14. The molecule has 4 bridgehead atoms. The molecule has 172 valence electrons. The number of pyridine rings is 1. The summed E-state index contributed by atoms with van der Waals surface area (Å²) in [5, 5.41) is 8.78. The Labute approximate surface area is 186 Å². The monoisotopic (exact) mass is 446 g/mol. The molecule has 1 aromatic carbocycles. The molecule has 0 atom stereocenters. The van der Waals surface area contributed by atoms with E-state index in [1.54, 1.807) is 0 Å². The van der Waals surface area contributed by atoms with Crippen molar-refractivity contribution in [2.45, 2.75) is 57.2 Å². The molecular weight excluding hydrogens is 417 g/mol. The van der Waals surface area contributed by atoms with Gasteiger partial charge in [-0.15, -0.1) is 0 Å². The molecule has 4 saturated carbocycles. The second-order valence-electron chi connectivity index (χ2n) is 9.79. The van der Waals surface area contributed by atoms with Crippen LogP contribution in [-0.2, 0) is 10.3 Å². The Bertz CT molecular complexity index is 919. The first-order valence-corrected chi connectivity index (χ1v) is 11.2. The molecule has 0 radical (unpaired) electrons. The molecule has 7 heteroatoms. The van der Waals surface area contributed by atoms with Crippen molar-refractivity contribution in [3.05, 3.63) is 54.4 Å². The second-order valence-corrected chi connectivity index (χ2v) is 9.79. The topological polar surface area (TPSA) is 47.2 Å². The summed E-state index contributed by atoms with van der Waals surface area (Å²) in [5.74, 6) is -0.0246. The summed E-state index contributed by atoms with van der Waals surface area (Å²) >= 11 is 0. The van der Waals surface area contributed by atoms with Crippen LogP contribution < -0.4 is 14.6 Å². The molecule has 0 unspecified atom stereocenters. The van der Waals surface area contributed by atoms with Gasteiger partial charge in [-0.1, -0.05) is 17.7 Å². The van der Waals surface area contributed by atoms with E-state index in [9.17, 15) is 13.2 Å². The van der Waals surface area contributed by atoms with Crippen molar-refractivity contribution in [3.8, 4) is 0 Å². The number of benzene rings is 1. The lowest BCUT2D eigenvalue weighted by Gasteiger charge is -2.53. The van der Waals surface area contributed by atoms with E-state index in [4.69, 9.17) is 9.90 Å². The molecule has 6 rings (SSSR count). The lowest BCUT2D eigenvalue weighted by atomic mass is 9.53. The lowest BCUT2D eigenvalue weighted by Crippen LogP contribution is -2.64. The maximum absolute atomic E-state index is 10.5. The maximum Gasteiger partial charge on any atom is 0.430 e. The van der Waals surface area contributed by atoms with Gasteiger partial charge < -0.3 is 14.8 Å². The number of carbonyl (C=O) groups excluding carboxylic acids is 1. The van der Waals surface area contributed by atoms with Gasteiger partial charge in [0.1, 0.15) is 5.97 Å². The van der Waals surface area contributed by atoms with Gasteiger partial charge in [0, 0.05) is 44.1 Å². The standard InChI is InChI=1S/C23H29N2.C2HF3O2/c1-17-3-5-21(6-4-17)24(2)22-7-9-25(10-8-22)23-14-18-11-19(15-23)13-20(12-18)16-23;3-2(4,5)1(6)7/h3-10,18-20H,11-16H2,1-2H3;(H,6,7)/q+1;/p-1. The van der Waals surface area contributed by atoms with Gasteiger partial charge in [-0.05, 0) is 56.1 Å². The second kappa shape index (κ2) is 8.41. The third kappa shape index (κ3) is 4.62. The molecule has 0 amide bonds. The van der Waals surface area contributed by atoms with Crippen molar-refractivity contribution in [2.24, 2.45) is 17.8 Å². The number of carboxylic acids is 1. The highest BCUT2D eigenvalue weighted by atomic mass is 19.4. The number of carboxylic acid groups (broad SMARTS) is 1. The number of carbonyl (C=O) groups is 1. The van der Waals surface area contributed by atoms with Crippen LogP contribution in [0.15, 0.2) is 48.8 Å². The lowest BCUT2D eigenvalue weighted by molar-refractivity contribution is -0.776. The average molecular weight is 447 g/mol. The number of aromatic nitrogens is 1. The van der Waals surface area contributed by atoms with E-state index < -0.39 is 12.1 Å². The van der Waals surface area contributed by atoms with E-state index in [-0.39, 0.29) is 0 Å². The third-order valence-corrected chi connectivity index (χ3v) is 7.41. The van der Waals surface area contributed by atoms with Gasteiger partial charge in [-0.2, -0.15) is 17.7 Å². The Kier molecular flexibility index (Phi) is 5.94. The number of anilines is 2. The van der Waals surface area contributed by atoms with Crippen LogP contribution in [-0.4, -0.2) is 19.2 Å². The number of hydrogen-bond donors (Lipinski definition) is 0. The Morgan fingerprint density at radius 2 is 1.34 bits per heavy atom. The Morgan fingerprint density at radius 1 is 0.938 bits per heavy atom. The number of rotatable bonds is 3. The number of aliphatic carboxylic acids is 1. The third-order valence-electron chi connectivity index (χ3n) is 7.41. The van der Waals surface area contributed by atoms with Crippen LogP contribution in [0.3, 0.4) is 0 Å². The minimum absolute atomic E-state index is 0.426. The molecule has 4 nitrogen and oxygen atoms in total. The normalized spacial score (nSPS) is 28.1. The molecule has 0 N–H and O–H groups in total. The zero-order valence-corrected chi connectivity index (χ0v) is 18.4. The fraction of sp³-hybridized carbons (Fsp3) is 0.520. The Hall–Kier alpha value is -2.57. The molecule has 4 fully saturated rings. The van der Waals surface area contributed by atoms with Gasteiger partial charge in [-0.3, -0.25) is 0 Å². The van der Waals surface area contributed by atoms with Gasteiger partial charge in [0.15, 0.2) is 17.9 Å². The fourth-order valence-corrected chi connectivity index (χ4v) is 6.26. The Balaban J connectivity index is 0.000000307. The average Bonchev–Trinajstić information content (AvgIpc) is 2.73. The van der Waals surface area contributed by atoms with Crippen molar-refractivity contribution < 1.29 is 27.6 Å². The molecule has 0 aliphatic heterocycles. The predicted octanol–water partition coefficient (Wildman–Crippen LogP) is 4.27. The molecule has 1 heterocycles. The first-order valence-electron chi connectivity index (χ1n) is 11.2. The van der Waals surface area contributed by atoms with Crippen LogP contribution in [0.25, 0.3) is 0 Å². The van der Waals surface area contributed by atoms with Gasteiger partial charge in [-0.25, -0.2) is 0 Å². The number of alkyl halides is 3. The molecule has 1 aromatic heterocycles. The molecule has 32 heavy (non-hydrogen) atoms. The first-order chi connectivity index (χ1) is 15.1. The van der Waals surface area contributed by atoms with Gasteiger partial charge in [0.05, 0.1) is 5.69 Å². The SMILES string of the molecule is Cc1ccc(N(C)c2cc[n+](C34CC5CC(CC(C5)C3)C4)cc2)cc1.O=C([O-])C(F)(F)F. The van der Waals surface area contributed by atoms with Crippen LogP contribution in [0.5, 0.6) is 0 Å². The van der Waals surface area contributed by atoms with Crippen molar-refractivity contribution in [1.29, 1.82) is 0 Å². The number of nitrogens with zero attached hydrogens (tertiary/aromatic N) is 2. The maximum atomic E-state index is 10.5. The zero-order valence-electron chi connectivity index (χ0n) is 18.4. The summed E-state index contributed by atoms with van der Waals surface area (Å²) in [6.07, 6.45) is 8.28. The molecule has 0 saturated heterocycles. The molecule has 2 aromatic rings. The highest BCUT2D eigenvalue weighted by Crippen LogP contribution is 2.56. The van der Waals surface area contributed by atoms with E-state index in [1.807, 2.05) is 0 Å². The first kappa shape index (κ1) is 22.6. The van der Waals surface area contributed by atoms with Gasteiger partial charge in [0.2, 0.25) is 0 Å². The van der Waals surface area contributed by atoms with Crippen LogP contribution in [0.4, 0.5) is 24.5 Å². The van der Waals surface area contributed by atoms with Crippen LogP contribution in [0, 0.1) is 24.7 Å². The summed E-state index contributed by atoms with van der Waals surface area (Å²) in [5.41, 5.74) is 4.25. The fourth-order valence-electron chi connectivity index (χ4n) is 6.26. The number of halogens is 3. The molecule has 4 aliphatic rings. The van der Waals surface area contributed by atoms with E-state index >= 15 is 0 Å². The van der Waals surface area contributed by atoms with E-state index in [2.05, 4.69) is 72.2 Å². The number of aryl methyl sites for hydroxylation is 1. The highest BCUT2D eigenvalue weighted by Gasteiger charge is 2.56. The minimum Gasteiger partial charge on any atom is -0.542 e. The van der Waals surface area contributed by atoms with Gasteiger partial charge in [0.25, 0.3) is 0 Å². The predicted molar refractivity (Wildman–Crippen MR) is 113 cm³/mol. The van der Waals surface area contributed by atoms with Crippen LogP contribution >= 0.6 is 0 Å². The highest BCUT2D eigenvalue weighted by molar-refractivity contribution is 5.70. The van der Waals surface area contributed by atoms with E-state index in [0.29, 0.717) is 5.54 Å². The summed E-state index contributed by atoms with van der Waals surface area (Å²) < 4.78 is 34.1. The van der Waals surface area contributed by atoms with Gasteiger partial charge >= 0.3 is 6.18 Å². The van der Waals surface area contributed by atoms with Crippen molar-refractivity contribution >= 4 is 17.3 Å². The zero-order chi connectivity index (χ0) is 23.1. The summed E-state index contributed by atoms with van der Waals surface area (Å²) in [7, 11) is 2.16. The smallest absolute Gasteiger partial charge is 0.430 e. The van der Waals surface area contributed by atoms with Crippen LogP contribution in [0.2, 0.25) is 0 Å². The van der Waals surface area contributed by atoms with E-state index in [0.717, 1.165) is 17.8 Å². The quantitative estimate of drug-likeness (QED) is 0.662. The molecular formula is C25H29F3N2O2. The summed E-state index contributed by atoms with van der Waals surface area (Å²) in [4.78, 5) is 11.1. The molecule has 4 aliphatic carbocycles. The minimum atomic E-state index is -5.19. The Morgan fingerprint density at radius 3 is 1.75 bits per heavy atom. The largest absolute Gasteiger partial charge is 0.542 e. The number of hydrogen-bond acceptors (Lipinski definition) is 3. The van der Waals surface area contributed by atoms with E-state index in [1.165, 1.54) is 55.5 Å². The molecule has 0 spiro atoms. The van der Waals surface area contributed by atoms with Crippen molar-refractivity contribution in [2.75, 3.05) is 11.9 Å². The van der Waals surface area contributed by atoms with Crippen molar-refractivity contribution in [1.82, 2.24) is 0 Å².